The number of aromatic nitrogens is 5. The van der Waals surface area contributed by atoms with Gasteiger partial charge in [-0.2, -0.15) is 5.10 Å². The van der Waals surface area contributed by atoms with Crippen LogP contribution in [0.2, 0.25) is 0 Å². The van der Waals surface area contributed by atoms with Crippen LogP contribution in [0.3, 0.4) is 0 Å². The Kier molecular flexibility index (Phi) is 8.55. The monoisotopic (exact) mass is 685 g/mol. The molecule has 1 aromatic carbocycles. The Bertz CT molecular complexity index is 1900. The van der Waals surface area contributed by atoms with Crippen LogP contribution in [-0.4, -0.2) is 97.1 Å². The lowest BCUT2D eigenvalue weighted by atomic mass is 9.99. The summed E-state index contributed by atoms with van der Waals surface area (Å²) in [6.45, 7) is 8.30. The molecule has 46 heavy (non-hydrogen) atoms. The third-order valence-corrected chi connectivity index (χ3v) is 9.12. The number of anilines is 1. The molecule has 238 valence electrons. The maximum absolute atomic E-state index is 14.3. The van der Waals surface area contributed by atoms with E-state index in [0.717, 1.165) is 34.5 Å². The predicted octanol–water partition coefficient (Wildman–Crippen LogP) is 4.08. The third-order valence-electron chi connectivity index (χ3n) is 8.68. The number of carbonyl (C=O) groups is 3. The Morgan fingerprint density at radius 1 is 1.09 bits per heavy atom. The number of benzene rings is 1. The van der Waals surface area contributed by atoms with Crippen LogP contribution in [-0.2, 0) is 16.1 Å². The van der Waals surface area contributed by atoms with Crippen LogP contribution >= 0.6 is 15.9 Å². The number of nitrogens with one attached hydrogen (secondary N) is 1. The van der Waals surface area contributed by atoms with Crippen molar-refractivity contribution in [1.82, 2.24) is 34.5 Å². The molecule has 0 aliphatic carbocycles. The standard InChI is InChI=1S/C33H36BrN9O3/c1-17-7-8-28(34)38-32(17)39-33(46)27-11-22(15-41(5)6)18(2)43(27)29(45)16-42-31-24(26-14-37-26)9-21(23-12-35-20(4)36-13-23)10-25(31)30(40-42)19(3)44/h7-10,12-13,18,22,27H,11,14-16H2,1-6H3,(H,38,39,46)/t18-,22-,27+/m1/s1. The number of ketones is 1. The van der Waals surface area contributed by atoms with E-state index in [1.807, 2.05) is 59.1 Å². The van der Waals surface area contributed by atoms with E-state index in [0.29, 0.717) is 40.1 Å². The maximum atomic E-state index is 14.3. The largest absolute Gasteiger partial charge is 0.326 e. The van der Waals surface area contributed by atoms with E-state index in [-0.39, 0.29) is 41.8 Å². The first-order valence-corrected chi connectivity index (χ1v) is 16.0. The molecule has 12 nitrogen and oxygen atoms in total. The molecule has 2 amide bonds. The van der Waals surface area contributed by atoms with Crippen molar-refractivity contribution in [2.75, 3.05) is 32.5 Å². The molecule has 0 spiro atoms. The summed E-state index contributed by atoms with van der Waals surface area (Å²) in [6.07, 6.45) is 4.00. The van der Waals surface area contributed by atoms with E-state index in [2.05, 4.69) is 51.2 Å². The summed E-state index contributed by atoms with van der Waals surface area (Å²) in [5, 5.41) is 8.28. The van der Waals surface area contributed by atoms with Crippen molar-refractivity contribution in [3.8, 4) is 11.1 Å². The second-order valence-electron chi connectivity index (χ2n) is 12.4. The zero-order valence-corrected chi connectivity index (χ0v) is 28.3. The fourth-order valence-electron chi connectivity index (χ4n) is 6.31. The molecule has 2 aliphatic heterocycles. The first kappa shape index (κ1) is 31.6. The van der Waals surface area contributed by atoms with Crippen LogP contribution in [0.4, 0.5) is 5.82 Å². The number of nitrogens with zero attached hydrogens (tertiary/aromatic N) is 8. The van der Waals surface area contributed by atoms with Crippen LogP contribution in [0, 0.1) is 19.8 Å². The number of hydrogen-bond donors (Lipinski definition) is 1. The van der Waals surface area contributed by atoms with Crippen LogP contribution in [0.25, 0.3) is 22.0 Å². The van der Waals surface area contributed by atoms with Gasteiger partial charge in [0.1, 0.15) is 34.5 Å². The second-order valence-corrected chi connectivity index (χ2v) is 13.2. The molecule has 0 bridgehead atoms. The Balaban J connectivity index is 1.38. The molecular formula is C33H36BrN9O3. The molecule has 5 heterocycles. The van der Waals surface area contributed by atoms with Gasteiger partial charge in [-0.3, -0.25) is 24.1 Å². The third kappa shape index (κ3) is 6.21. The fourth-order valence-corrected chi connectivity index (χ4v) is 6.62. The molecule has 3 aromatic heterocycles. The molecule has 2 aliphatic rings. The van der Waals surface area contributed by atoms with Crippen LogP contribution in [0.1, 0.15) is 47.7 Å². The van der Waals surface area contributed by atoms with Crippen molar-refractivity contribution in [2.24, 2.45) is 10.9 Å². The molecule has 13 heteroatoms. The van der Waals surface area contributed by atoms with Gasteiger partial charge in [0.05, 0.1) is 17.8 Å². The molecule has 1 fully saturated rings. The number of hydrogen-bond acceptors (Lipinski definition) is 9. The quantitative estimate of drug-likeness (QED) is 0.206. The van der Waals surface area contributed by atoms with Crippen LogP contribution < -0.4 is 5.32 Å². The van der Waals surface area contributed by atoms with Crippen molar-refractivity contribution in [3.05, 3.63) is 63.9 Å². The Morgan fingerprint density at radius 2 is 1.80 bits per heavy atom. The minimum Gasteiger partial charge on any atom is -0.326 e. The number of pyridine rings is 1. The highest BCUT2D eigenvalue weighted by atomic mass is 79.9. The summed E-state index contributed by atoms with van der Waals surface area (Å²) in [5.74, 6) is 0.418. The van der Waals surface area contributed by atoms with Gasteiger partial charge in [0.2, 0.25) is 11.8 Å². The Labute approximate surface area is 275 Å². The SMILES string of the molecule is CC(=O)c1nn(CC(=O)N2[C@H](C)[C@@H](CN(C)C)C[C@H]2C(=O)Nc2nc(Br)ccc2C)c2c(C3=NC3)cc(-c3cnc(C)nc3)cc12. The predicted molar refractivity (Wildman–Crippen MR) is 179 cm³/mol. The number of rotatable bonds is 9. The number of likely N-dealkylation sites (tertiary alicyclic amines) is 1. The van der Waals surface area contributed by atoms with Gasteiger partial charge in [-0.05, 0) is 92.5 Å². The van der Waals surface area contributed by atoms with Gasteiger partial charge in [-0.1, -0.05) is 6.07 Å². The van der Waals surface area contributed by atoms with E-state index in [4.69, 9.17) is 0 Å². The maximum Gasteiger partial charge on any atom is 0.248 e. The molecule has 4 aromatic rings. The number of halogens is 1. The number of aliphatic imine (C=N–C) groups is 1. The van der Waals surface area contributed by atoms with Crippen LogP contribution in [0.15, 0.2) is 46.3 Å². The van der Waals surface area contributed by atoms with E-state index in [1.54, 1.807) is 22.0 Å². The highest BCUT2D eigenvalue weighted by Crippen LogP contribution is 2.35. The second kappa shape index (κ2) is 12.4. The highest BCUT2D eigenvalue weighted by Gasteiger charge is 2.45. The Morgan fingerprint density at radius 3 is 2.46 bits per heavy atom. The minimum atomic E-state index is -0.706. The van der Waals surface area contributed by atoms with Crippen molar-refractivity contribution in [1.29, 1.82) is 0 Å². The van der Waals surface area contributed by atoms with Crippen LogP contribution in [0.5, 0.6) is 0 Å². The number of aryl methyl sites for hydroxylation is 2. The summed E-state index contributed by atoms with van der Waals surface area (Å²) in [7, 11) is 3.97. The number of Topliss-reactive ketones (excluding diaryl/α,β-unsaturated/α-hetero) is 1. The van der Waals surface area contributed by atoms with Crippen molar-refractivity contribution < 1.29 is 14.4 Å². The molecule has 3 atom stereocenters. The zero-order valence-electron chi connectivity index (χ0n) is 26.7. The first-order chi connectivity index (χ1) is 21.9. The summed E-state index contributed by atoms with van der Waals surface area (Å²) in [4.78, 5) is 62.3. The van der Waals surface area contributed by atoms with Gasteiger partial charge in [0.25, 0.3) is 0 Å². The van der Waals surface area contributed by atoms with Crippen molar-refractivity contribution >= 4 is 56.0 Å². The van der Waals surface area contributed by atoms with E-state index >= 15 is 0 Å². The average Bonchev–Trinajstić information content (AvgIpc) is 3.72. The molecule has 0 saturated carbocycles. The molecule has 1 N–H and O–H groups in total. The normalized spacial score (nSPS) is 19.1. The summed E-state index contributed by atoms with van der Waals surface area (Å²) < 4.78 is 2.20. The molecular weight excluding hydrogens is 650 g/mol. The van der Waals surface area contributed by atoms with Gasteiger partial charge in [0.15, 0.2) is 5.78 Å². The minimum absolute atomic E-state index is 0.0732. The number of fused-ring (bicyclic) bond motifs is 1. The van der Waals surface area contributed by atoms with Crippen molar-refractivity contribution in [2.45, 2.75) is 52.7 Å². The Hall–Kier alpha value is -4.36. The molecule has 0 radical (unpaired) electrons. The van der Waals surface area contributed by atoms with E-state index in [9.17, 15) is 14.4 Å². The van der Waals surface area contributed by atoms with Gasteiger partial charge in [-0.15, -0.1) is 0 Å². The molecule has 0 unspecified atom stereocenters. The lowest BCUT2D eigenvalue weighted by Gasteiger charge is -2.29. The number of carbonyl (C=O) groups excluding carboxylic acids is 3. The van der Waals surface area contributed by atoms with E-state index in [1.165, 1.54) is 6.92 Å². The van der Waals surface area contributed by atoms with Gasteiger partial charge in [-0.25, -0.2) is 15.0 Å². The lowest BCUT2D eigenvalue weighted by Crippen LogP contribution is -2.48. The molecule has 6 rings (SSSR count). The topological polar surface area (TPSA) is 139 Å². The smallest absolute Gasteiger partial charge is 0.248 e. The van der Waals surface area contributed by atoms with Crippen molar-refractivity contribution in [3.63, 3.8) is 0 Å². The van der Waals surface area contributed by atoms with E-state index < -0.39 is 6.04 Å². The lowest BCUT2D eigenvalue weighted by molar-refractivity contribution is -0.139. The first-order valence-electron chi connectivity index (χ1n) is 15.2. The summed E-state index contributed by atoms with van der Waals surface area (Å²) in [6, 6.07) is 6.66. The summed E-state index contributed by atoms with van der Waals surface area (Å²) in [5.41, 5.74) is 5.07. The number of amides is 2. The van der Waals surface area contributed by atoms with Gasteiger partial charge >= 0.3 is 0 Å². The molecule has 1 saturated heterocycles. The fraction of sp³-hybridized carbons (Fsp3) is 0.394. The highest BCUT2D eigenvalue weighted by molar-refractivity contribution is 9.10. The average molecular weight is 687 g/mol. The van der Waals surface area contributed by atoms with Gasteiger partial charge < -0.3 is 15.1 Å². The van der Waals surface area contributed by atoms with Gasteiger partial charge in [0, 0.05) is 48.4 Å². The zero-order chi connectivity index (χ0) is 32.9. The summed E-state index contributed by atoms with van der Waals surface area (Å²) >= 11 is 3.38.